The smallest absolute Gasteiger partial charge is 0.348 e. The Labute approximate surface area is 191 Å². The van der Waals surface area contributed by atoms with Gasteiger partial charge in [0.25, 0.3) is 0 Å². The lowest BCUT2D eigenvalue weighted by atomic mass is 10.1. The minimum Gasteiger partial charge on any atom is -0.462 e. The van der Waals surface area contributed by atoms with Crippen LogP contribution in [0.15, 0.2) is 53.9 Å². The van der Waals surface area contributed by atoms with E-state index in [0.29, 0.717) is 37.1 Å². The van der Waals surface area contributed by atoms with Gasteiger partial charge in [0.2, 0.25) is 5.91 Å². The molecule has 1 amide bonds. The van der Waals surface area contributed by atoms with Crippen LogP contribution in [-0.4, -0.2) is 33.2 Å². The summed E-state index contributed by atoms with van der Waals surface area (Å²) < 4.78 is 22.3. The maximum atomic E-state index is 14.6. The lowest BCUT2D eigenvalue weighted by Crippen LogP contribution is -2.06. The number of hydrogen-bond donors (Lipinski definition) is 1. The van der Waals surface area contributed by atoms with Gasteiger partial charge in [-0.05, 0) is 42.8 Å². The Kier molecular flexibility index (Phi) is 6.52. The number of nitrogens with one attached hydrogen (secondary N) is 1. The Morgan fingerprint density at radius 2 is 2.06 bits per heavy atom. The molecule has 32 heavy (non-hydrogen) atoms. The Balaban J connectivity index is 1.66. The molecule has 1 N–H and O–H groups in total. The fourth-order valence-corrected chi connectivity index (χ4v) is 5.42. The minimum atomic E-state index is -0.465. The first-order valence-electron chi connectivity index (χ1n) is 9.75. The molecule has 0 radical (unpaired) electrons. The molecular formula is C22H19FN4O3S2. The van der Waals surface area contributed by atoms with Crippen molar-refractivity contribution >= 4 is 50.7 Å². The van der Waals surface area contributed by atoms with Gasteiger partial charge in [0, 0.05) is 28.5 Å². The lowest BCUT2D eigenvalue weighted by molar-refractivity contribution is -0.114. The molecule has 0 aliphatic rings. The van der Waals surface area contributed by atoms with Crippen LogP contribution in [0.5, 0.6) is 0 Å². The molecule has 0 fully saturated rings. The number of rotatable bonds is 7. The summed E-state index contributed by atoms with van der Waals surface area (Å²) in [5.41, 5.74) is 1.99. The van der Waals surface area contributed by atoms with E-state index in [0.717, 1.165) is 5.69 Å². The van der Waals surface area contributed by atoms with E-state index in [2.05, 4.69) is 15.5 Å². The van der Waals surface area contributed by atoms with Gasteiger partial charge in [-0.3, -0.25) is 9.36 Å². The fourth-order valence-electron chi connectivity index (χ4n) is 3.24. The van der Waals surface area contributed by atoms with Crippen molar-refractivity contribution in [1.29, 1.82) is 0 Å². The molecular weight excluding hydrogens is 451 g/mol. The predicted octanol–water partition coefficient (Wildman–Crippen LogP) is 5.05. The first-order chi connectivity index (χ1) is 15.5. The molecule has 0 unspecified atom stereocenters. The SMILES string of the molecule is CCOC(=O)c1sc2cccc(F)c2c1CSc1nncn1-c1cccc(NC(C)=O)c1. The Bertz CT molecular complexity index is 1300. The van der Waals surface area contributed by atoms with E-state index in [-0.39, 0.29) is 18.3 Å². The molecule has 0 saturated heterocycles. The molecule has 0 saturated carbocycles. The summed E-state index contributed by atoms with van der Waals surface area (Å²) in [6.45, 7) is 3.41. The average molecular weight is 471 g/mol. The zero-order valence-electron chi connectivity index (χ0n) is 17.3. The highest BCUT2D eigenvalue weighted by molar-refractivity contribution is 7.98. The van der Waals surface area contributed by atoms with E-state index < -0.39 is 5.97 Å². The van der Waals surface area contributed by atoms with E-state index in [1.165, 1.54) is 36.1 Å². The van der Waals surface area contributed by atoms with E-state index in [4.69, 9.17) is 4.74 Å². The number of benzene rings is 2. The van der Waals surface area contributed by atoms with Gasteiger partial charge in [-0.15, -0.1) is 21.5 Å². The molecule has 10 heteroatoms. The van der Waals surface area contributed by atoms with Crippen LogP contribution in [0.4, 0.5) is 10.1 Å². The molecule has 0 bridgehead atoms. The highest BCUT2D eigenvalue weighted by Gasteiger charge is 2.22. The van der Waals surface area contributed by atoms with Crippen LogP contribution < -0.4 is 5.32 Å². The summed E-state index contributed by atoms with van der Waals surface area (Å²) in [6, 6.07) is 12.1. The number of halogens is 1. The van der Waals surface area contributed by atoms with Gasteiger partial charge in [0.1, 0.15) is 17.0 Å². The summed E-state index contributed by atoms with van der Waals surface area (Å²) >= 11 is 2.55. The fraction of sp³-hybridized carbons (Fsp3) is 0.182. The number of amides is 1. The van der Waals surface area contributed by atoms with Gasteiger partial charge in [-0.25, -0.2) is 9.18 Å². The number of thiophene rings is 1. The standard InChI is InChI=1S/C22H19FN4O3S2/c1-3-30-21(29)20-16(19-17(23)8-5-9-18(19)32-20)11-31-22-26-24-12-27(22)15-7-4-6-14(10-15)25-13(2)28/h4-10,12H,3,11H2,1-2H3,(H,25,28). The maximum Gasteiger partial charge on any atom is 0.348 e. The Hall–Kier alpha value is -3.24. The first-order valence-corrected chi connectivity index (χ1v) is 11.6. The van der Waals surface area contributed by atoms with E-state index in [1.807, 2.05) is 12.1 Å². The largest absolute Gasteiger partial charge is 0.462 e. The number of fused-ring (bicyclic) bond motifs is 1. The minimum absolute atomic E-state index is 0.168. The summed E-state index contributed by atoms with van der Waals surface area (Å²) in [5.74, 6) is -0.708. The first kappa shape index (κ1) is 22.0. The third-order valence-corrected chi connectivity index (χ3v) is 6.68. The molecule has 2 aromatic carbocycles. The van der Waals surface area contributed by atoms with Crippen LogP contribution in [0.25, 0.3) is 15.8 Å². The van der Waals surface area contributed by atoms with Crippen molar-refractivity contribution in [3.05, 3.63) is 65.0 Å². The van der Waals surface area contributed by atoms with E-state index in [1.54, 1.807) is 42.1 Å². The highest BCUT2D eigenvalue weighted by Crippen LogP contribution is 2.37. The number of ether oxygens (including phenoxy) is 1. The second-order valence-corrected chi connectivity index (χ2v) is 8.74. The van der Waals surface area contributed by atoms with Crippen molar-refractivity contribution in [2.75, 3.05) is 11.9 Å². The lowest BCUT2D eigenvalue weighted by Gasteiger charge is -2.09. The Morgan fingerprint density at radius 3 is 2.84 bits per heavy atom. The second-order valence-electron chi connectivity index (χ2n) is 6.75. The van der Waals surface area contributed by atoms with Crippen LogP contribution in [0.1, 0.15) is 29.1 Å². The molecule has 164 valence electrons. The number of esters is 1. The van der Waals surface area contributed by atoms with Gasteiger partial charge < -0.3 is 10.1 Å². The van der Waals surface area contributed by atoms with Crippen molar-refractivity contribution in [1.82, 2.24) is 14.8 Å². The molecule has 2 aromatic heterocycles. The summed E-state index contributed by atoms with van der Waals surface area (Å²) in [6.07, 6.45) is 1.56. The molecule has 4 aromatic rings. The molecule has 0 atom stereocenters. The maximum absolute atomic E-state index is 14.6. The zero-order valence-corrected chi connectivity index (χ0v) is 18.9. The normalized spacial score (nSPS) is 11.0. The van der Waals surface area contributed by atoms with Crippen LogP contribution in [0.3, 0.4) is 0 Å². The number of anilines is 1. The summed E-state index contributed by atoms with van der Waals surface area (Å²) in [5, 5.41) is 11.9. The number of carbonyl (C=O) groups is 2. The second kappa shape index (κ2) is 9.49. The van der Waals surface area contributed by atoms with E-state index >= 15 is 0 Å². The van der Waals surface area contributed by atoms with Crippen LogP contribution in [0, 0.1) is 5.82 Å². The van der Waals surface area contributed by atoms with Gasteiger partial charge in [0.05, 0.1) is 12.3 Å². The molecule has 0 aliphatic carbocycles. The monoisotopic (exact) mass is 470 g/mol. The quantitative estimate of drug-likeness (QED) is 0.301. The van der Waals surface area contributed by atoms with Gasteiger partial charge in [-0.1, -0.05) is 23.9 Å². The third kappa shape index (κ3) is 4.51. The van der Waals surface area contributed by atoms with Gasteiger partial charge in [-0.2, -0.15) is 0 Å². The summed E-state index contributed by atoms with van der Waals surface area (Å²) in [4.78, 5) is 24.3. The molecule has 7 nitrogen and oxygen atoms in total. The van der Waals surface area contributed by atoms with Crippen molar-refractivity contribution in [3.8, 4) is 5.69 Å². The van der Waals surface area contributed by atoms with Crippen LogP contribution in [-0.2, 0) is 15.3 Å². The van der Waals surface area contributed by atoms with Crippen molar-refractivity contribution < 1.29 is 18.7 Å². The third-order valence-electron chi connectivity index (χ3n) is 4.53. The summed E-state index contributed by atoms with van der Waals surface area (Å²) in [7, 11) is 0. The van der Waals surface area contributed by atoms with Crippen molar-refractivity contribution in [2.24, 2.45) is 0 Å². The zero-order chi connectivity index (χ0) is 22.7. The molecule has 2 heterocycles. The number of hydrogen-bond acceptors (Lipinski definition) is 7. The Morgan fingerprint density at radius 1 is 1.25 bits per heavy atom. The van der Waals surface area contributed by atoms with Crippen molar-refractivity contribution in [3.63, 3.8) is 0 Å². The van der Waals surface area contributed by atoms with E-state index in [9.17, 15) is 14.0 Å². The van der Waals surface area contributed by atoms with Crippen LogP contribution in [0.2, 0.25) is 0 Å². The topological polar surface area (TPSA) is 86.1 Å². The number of nitrogens with zero attached hydrogens (tertiary/aromatic N) is 3. The van der Waals surface area contributed by atoms with Crippen LogP contribution >= 0.6 is 23.1 Å². The molecule has 0 aliphatic heterocycles. The van der Waals surface area contributed by atoms with Gasteiger partial charge >= 0.3 is 5.97 Å². The number of thioether (sulfide) groups is 1. The highest BCUT2D eigenvalue weighted by atomic mass is 32.2. The van der Waals surface area contributed by atoms with Crippen molar-refractivity contribution in [2.45, 2.75) is 24.8 Å². The average Bonchev–Trinajstić information content (AvgIpc) is 3.37. The van der Waals surface area contributed by atoms with Gasteiger partial charge in [0.15, 0.2) is 5.16 Å². The molecule has 4 rings (SSSR count). The molecule has 0 spiro atoms. The predicted molar refractivity (Wildman–Crippen MR) is 123 cm³/mol. The number of aromatic nitrogens is 3. The number of carbonyl (C=O) groups excluding carboxylic acids is 2.